The second kappa shape index (κ2) is 16.2. The molecule has 26 heavy (non-hydrogen) atoms. The zero-order valence-electron chi connectivity index (χ0n) is 16.0. The number of aromatic nitrogens is 1. The van der Waals surface area contributed by atoms with Crippen molar-refractivity contribution < 1.29 is 9.90 Å². The molecule has 1 aromatic rings. The number of hydrogen-bond donors (Lipinski definition) is 2. The molecule has 0 spiro atoms. The van der Waals surface area contributed by atoms with Crippen molar-refractivity contribution in [2.75, 3.05) is 13.2 Å². The standard InChI is InChI=1S/C21H35BrN2O2/c22-20-15-14-19(18-24-20)21(26)23-16-12-10-8-6-4-2-1-3-5-7-9-11-13-17-25/h14-15,18,25H,1-13,16-17H2,(H,23,26). The van der Waals surface area contributed by atoms with Crippen molar-refractivity contribution in [3.63, 3.8) is 0 Å². The maximum atomic E-state index is 11.9. The molecule has 1 aromatic heterocycles. The topological polar surface area (TPSA) is 62.2 Å². The number of unbranched alkanes of at least 4 members (excludes halogenated alkanes) is 12. The number of nitrogens with zero attached hydrogens (tertiary/aromatic N) is 1. The van der Waals surface area contributed by atoms with Gasteiger partial charge in [-0.15, -0.1) is 0 Å². The van der Waals surface area contributed by atoms with Crippen LogP contribution in [0.5, 0.6) is 0 Å². The Balaban J connectivity index is 1.82. The first-order valence-electron chi connectivity index (χ1n) is 10.2. The molecule has 4 nitrogen and oxygen atoms in total. The largest absolute Gasteiger partial charge is 0.396 e. The van der Waals surface area contributed by atoms with E-state index >= 15 is 0 Å². The number of aliphatic hydroxyl groups is 1. The van der Waals surface area contributed by atoms with Crippen LogP contribution in [0.1, 0.15) is 93.8 Å². The molecule has 0 saturated heterocycles. The molecule has 0 aromatic carbocycles. The third kappa shape index (κ3) is 12.4. The lowest BCUT2D eigenvalue weighted by Gasteiger charge is -2.05. The smallest absolute Gasteiger partial charge is 0.252 e. The fraction of sp³-hybridized carbons (Fsp3) is 0.714. The van der Waals surface area contributed by atoms with Gasteiger partial charge in [-0.1, -0.05) is 70.6 Å². The Hall–Kier alpha value is -0.940. The molecule has 0 fully saturated rings. The van der Waals surface area contributed by atoms with Crippen LogP contribution >= 0.6 is 15.9 Å². The molecular weight excluding hydrogens is 392 g/mol. The average Bonchev–Trinajstić information content (AvgIpc) is 2.65. The van der Waals surface area contributed by atoms with Gasteiger partial charge in [0.15, 0.2) is 0 Å². The molecule has 1 rings (SSSR count). The zero-order valence-corrected chi connectivity index (χ0v) is 17.6. The second-order valence-electron chi connectivity index (χ2n) is 6.95. The van der Waals surface area contributed by atoms with Gasteiger partial charge in [-0.25, -0.2) is 4.98 Å². The number of pyridine rings is 1. The van der Waals surface area contributed by atoms with Gasteiger partial charge in [0.05, 0.1) is 5.56 Å². The van der Waals surface area contributed by atoms with E-state index in [1.807, 2.05) is 0 Å². The average molecular weight is 427 g/mol. The van der Waals surface area contributed by atoms with E-state index in [2.05, 4.69) is 26.2 Å². The van der Waals surface area contributed by atoms with E-state index < -0.39 is 0 Å². The summed E-state index contributed by atoms with van der Waals surface area (Å²) in [6.45, 7) is 1.08. The van der Waals surface area contributed by atoms with Crippen LogP contribution in [0.25, 0.3) is 0 Å². The van der Waals surface area contributed by atoms with Gasteiger partial charge in [0.2, 0.25) is 0 Å². The van der Waals surface area contributed by atoms with E-state index in [0.29, 0.717) is 12.2 Å². The lowest BCUT2D eigenvalue weighted by atomic mass is 10.0. The van der Waals surface area contributed by atoms with E-state index in [9.17, 15) is 4.79 Å². The summed E-state index contributed by atoms with van der Waals surface area (Å²) >= 11 is 3.27. The minimum atomic E-state index is -0.0404. The van der Waals surface area contributed by atoms with Crippen LogP contribution in [-0.2, 0) is 0 Å². The van der Waals surface area contributed by atoms with Gasteiger partial charge in [-0.3, -0.25) is 4.79 Å². The number of rotatable bonds is 16. The molecule has 0 atom stereocenters. The van der Waals surface area contributed by atoms with Crippen molar-refractivity contribution >= 4 is 21.8 Å². The van der Waals surface area contributed by atoms with Crippen LogP contribution in [-0.4, -0.2) is 29.1 Å². The molecule has 0 aliphatic carbocycles. The SMILES string of the molecule is O=C(NCCCCCCCCCCCCCCCO)c1ccc(Br)nc1. The molecule has 1 amide bonds. The molecule has 2 N–H and O–H groups in total. The highest BCUT2D eigenvalue weighted by molar-refractivity contribution is 9.10. The molecule has 0 radical (unpaired) electrons. The lowest BCUT2D eigenvalue weighted by molar-refractivity contribution is 0.0952. The molecule has 0 saturated carbocycles. The molecule has 5 heteroatoms. The van der Waals surface area contributed by atoms with Gasteiger partial charge in [-0.2, -0.15) is 0 Å². The molecule has 0 bridgehead atoms. The van der Waals surface area contributed by atoms with Crippen LogP contribution in [0.3, 0.4) is 0 Å². The molecule has 0 unspecified atom stereocenters. The summed E-state index contributed by atoms with van der Waals surface area (Å²) in [6.07, 6.45) is 17.9. The van der Waals surface area contributed by atoms with Gasteiger partial charge >= 0.3 is 0 Å². The monoisotopic (exact) mass is 426 g/mol. The first-order chi connectivity index (χ1) is 12.7. The highest BCUT2D eigenvalue weighted by atomic mass is 79.9. The van der Waals surface area contributed by atoms with Gasteiger partial charge in [0, 0.05) is 19.3 Å². The van der Waals surface area contributed by atoms with Crippen LogP contribution in [0.4, 0.5) is 0 Å². The predicted molar refractivity (Wildman–Crippen MR) is 111 cm³/mol. The van der Waals surface area contributed by atoms with Gasteiger partial charge in [0.1, 0.15) is 4.60 Å². The number of nitrogens with one attached hydrogen (secondary N) is 1. The maximum Gasteiger partial charge on any atom is 0.252 e. The van der Waals surface area contributed by atoms with E-state index in [1.165, 1.54) is 70.6 Å². The first kappa shape index (κ1) is 23.1. The Kier molecular flexibility index (Phi) is 14.4. The number of carbonyl (C=O) groups excluding carboxylic acids is 1. The Morgan fingerprint density at radius 3 is 1.81 bits per heavy atom. The Morgan fingerprint density at radius 2 is 1.35 bits per heavy atom. The fourth-order valence-corrected chi connectivity index (χ4v) is 3.23. The van der Waals surface area contributed by atoms with Crippen molar-refractivity contribution in [3.8, 4) is 0 Å². The van der Waals surface area contributed by atoms with Gasteiger partial charge in [-0.05, 0) is 40.9 Å². The van der Waals surface area contributed by atoms with Crippen molar-refractivity contribution in [2.24, 2.45) is 0 Å². The number of aliphatic hydroxyl groups excluding tert-OH is 1. The normalized spacial score (nSPS) is 10.8. The summed E-state index contributed by atoms with van der Waals surface area (Å²) in [5.41, 5.74) is 0.613. The molecule has 0 aliphatic heterocycles. The number of carbonyl (C=O) groups is 1. The summed E-state index contributed by atoms with van der Waals surface area (Å²) in [5, 5.41) is 11.7. The molecule has 148 valence electrons. The van der Waals surface area contributed by atoms with E-state index in [1.54, 1.807) is 18.3 Å². The summed E-state index contributed by atoms with van der Waals surface area (Å²) < 4.78 is 0.743. The van der Waals surface area contributed by atoms with Crippen molar-refractivity contribution in [2.45, 2.75) is 83.5 Å². The van der Waals surface area contributed by atoms with Gasteiger partial charge in [0.25, 0.3) is 5.91 Å². The Labute approximate surface area is 167 Å². The Bertz CT molecular complexity index is 466. The summed E-state index contributed by atoms with van der Waals surface area (Å²) in [6, 6.07) is 3.56. The fourth-order valence-electron chi connectivity index (χ4n) is 3.00. The third-order valence-electron chi connectivity index (χ3n) is 4.61. The van der Waals surface area contributed by atoms with Crippen molar-refractivity contribution in [1.29, 1.82) is 0 Å². The summed E-state index contributed by atoms with van der Waals surface area (Å²) in [7, 11) is 0. The summed E-state index contributed by atoms with van der Waals surface area (Å²) in [4.78, 5) is 16.0. The van der Waals surface area contributed by atoms with Gasteiger partial charge < -0.3 is 10.4 Å². The van der Waals surface area contributed by atoms with Crippen LogP contribution in [0.15, 0.2) is 22.9 Å². The lowest BCUT2D eigenvalue weighted by Crippen LogP contribution is -2.24. The quantitative estimate of drug-likeness (QED) is 0.265. The number of halogens is 1. The van der Waals surface area contributed by atoms with Crippen LogP contribution in [0.2, 0.25) is 0 Å². The minimum Gasteiger partial charge on any atom is -0.396 e. The number of hydrogen-bond acceptors (Lipinski definition) is 3. The van der Waals surface area contributed by atoms with E-state index in [-0.39, 0.29) is 5.91 Å². The summed E-state index contributed by atoms with van der Waals surface area (Å²) in [5.74, 6) is -0.0404. The highest BCUT2D eigenvalue weighted by Crippen LogP contribution is 2.12. The molecular formula is C21H35BrN2O2. The zero-order chi connectivity index (χ0) is 18.9. The molecule has 0 aliphatic rings. The predicted octanol–water partition coefficient (Wildman–Crippen LogP) is 5.64. The van der Waals surface area contributed by atoms with Crippen LogP contribution < -0.4 is 5.32 Å². The Morgan fingerprint density at radius 1 is 0.846 bits per heavy atom. The first-order valence-corrected chi connectivity index (χ1v) is 11.0. The van der Waals surface area contributed by atoms with E-state index in [4.69, 9.17) is 5.11 Å². The molecule has 1 heterocycles. The van der Waals surface area contributed by atoms with Crippen LogP contribution in [0, 0.1) is 0 Å². The second-order valence-corrected chi connectivity index (χ2v) is 7.76. The van der Waals surface area contributed by atoms with Crippen molar-refractivity contribution in [1.82, 2.24) is 10.3 Å². The minimum absolute atomic E-state index is 0.0404. The third-order valence-corrected chi connectivity index (χ3v) is 5.08. The number of amides is 1. The maximum absolute atomic E-state index is 11.9. The van der Waals surface area contributed by atoms with Crippen molar-refractivity contribution in [3.05, 3.63) is 28.5 Å². The highest BCUT2D eigenvalue weighted by Gasteiger charge is 2.04. The van der Waals surface area contributed by atoms with E-state index in [0.717, 1.165) is 24.0 Å².